The third-order valence-electron chi connectivity index (χ3n) is 3.20. The SMILES string of the molecule is CN(CC1CCNC1)C(=O)c1ccc(Br)cc1F.Cl. The Morgan fingerprint density at radius 2 is 2.32 bits per heavy atom. The predicted octanol–water partition coefficient (Wildman–Crippen LogP) is 2.69. The highest BCUT2D eigenvalue weighted by Crippen LogP contribution is 2.17. The molecule has 1 saturated heterocycles. The van der Waals surface area contributed by atoms with E-state index in [1.54, 1.807) is 18.0 Å². The van der Waals surface area contributed by atoms with Crippen LogP contribution in [0.3, 0.4) is 0 Å². The van der Waals surface area contributed by atoms with Crippen molar-refractivity contribution in [1.29, 1.82) is 0 Å². The molecule has 1 N–H and O–H groups in total. The number of nitrogens with zero attached hydrogens (tertiary/aromatic N) is 1. The van der Waals surface area contributed by atoms with Gasteiger partial charge in [-0.2, -0.15) is 0 Å². The first-order valence-electron chi connectivity index (χ1n) is 5.99. The molecule has 1 aliphatic rings. The molecule has 6 heteroatoms. The van der Waals surface area contributed by atoms with Crippen molar-refractivity contribution in [1.82, 2.24) is 10.2 Å². The molecule has 0 bridgehead atoms. The van der Waals surface area contributed by atoms with Crippen LogP contribution in [0.15, 0.2) is 22.7 Å². The van der Waals surface area contributed by atoms with Crippen molar-refractivity contribution >= 4 is 34.2 Å². The third-order valence-corrected chi connectivity index (χ3v) is 3.70. The van der Waals surface area contributed by atoms with Crippen LogP contribution in [0.2, 0.25) is 0 Å². The Hall–Kier alpha value is -0.650. The van der Waals surface area contributed by atoms with Gasteiger partial charge in [-0.3, -0.25) is 4.79 Å². The summed E-state index contributed by atoms with van der Waals surface area (Å²) in [5.41, 5.74) is 0.131. The second-order valence-corrected chi connectivity index (χ2v) is 5.58. The Morgan fingerprint density at radius 1 is 1.58 bits per heavy atom. The predicted molar refractivity (Wildman–Crippen MR) is 79.3 cm³/mol. The van der Waals surface area contributed by atoms with Gasteiger partial charge in [-0.1, -0.05) is 15.9 Å². The summed E-state index contributed by atoms with van der Waals surface area (Å²) in [6.07, 6.45) is 1.07. The van der Waals surface area contributed by atoms with E-state index < -0.39 is 5.82 Å². The van der Waals surface area contributed by atoms with E-state index in [4.69, 9.17) is 0 Å². The monoisotopic (exact) mass is 350 g/mol. The zero-order valence-electron chi connectivity index (χ0n) is 10.7. The smallest absolute Gasteiger partial charge is 0.256 e. The van der Waals surface area contributed by atoms with Crippen LogP contribution in [0, 0.1) is 11.7 Å². The van der Waals surface area contributed by atoms with Gasteiger partial charge in [-0.15, -0.1) is 12.4 Å². The Kier molecular flexibility index (Phi) is 6.23. The van der Waals surface area contributed by atoms with Gasteiger partial charge in [0.15, 0.2) is 0 Å². The highest BCUT2D eigenvalue weighted by Gasteiger charge is 2.21. The van der Waals surface area contributed by atoms with Crippen molar-refractivity contribution in [2.75, 3.05) is 26.7 Å². The van der Waals surface area contributed by atoms with Gasteiger partial charge >= 0.3 is 0 Å². The molecule has 0 aromatic heterocycles. The number of nitrogens with one attached hydrogen (secondary N) is 1. The molecular formula is C13H17BrClFN2O. The minimum atomic E-state index is -0.481. The van der Waals surface area contributed by atoms with Gasteiger partial charge in [0, 0.05) is 18.1 Å². The van der Waals surface area contributed by atoms with Gasteiger partial charge in [-0.05, 0) is 43.6 Å². The van der Waals surface area contributed by atoms with Gasteiger partial charge in [-0.25, -0.2) is 4.39 Å². The molecule has 19 heavy (non-hydrogen) atoms. The molecule has 1 fully saturated rings. The maximum atomic E-state index is 13.7. The van der Waals surface area contributed by atoms with Crippen molar-refractivity contribution in [3.63, 3.8) is 0 Å². The lowest BCUT2D eigenvalue weighted by Crippen LogP contribution is -2.33. The molecule has 0 saturated carbocycles. The normalized spacial score (nSPS) is 17.9. The number of benzene rings is 1. The van der Waals surface area contributed by atoms with E-state index in [1.807, 2.05) is 0 Å². The van der Waals surface area contributed by atoms with Crippen LogP contribution >= 0.6 is 28.3 Å². The Bertz CT molecular complexity index is 452. The van der Waals surface area contributed by atoms with Crippen molar-refractivity contribution in [3.05, 3.63) is 34.1 Å². The Labute approximate surface area is 127 Å². The minimum Gasteiger partial charge on any atom is -0.341 e. The number of amides is 1. The third kappa shape index (κ3) is 4.16. The van der Waals surface area contributed by atoms with Crippen molar-refractivity contribution in [2.45, 2.75) is 6.42 Å². The molecule has 1 aromatic rings. The van der Waals surface area contributed by atoms with E-state index in [0.29, 0.717) is 16.9 Å². The van der Waals surface area contributed by atoms with Crippen molar-refractivity contribution in [2.24, 2.45) is 5.92 Å². The van der Waals surface area contributed by atoms with E-state index in [1.165, 1.54) is 12.1 Å². The number of halogens is 3. The molecule has 1 amide bonds. The molecule has 1 unspecified atom stereocenters. The Morgan fingerprint density at radius 3 is 2.89 bits per heavy atom. The molecule has 2 rings (SSSR count). The Balaban J connectivity index is 0.00000180. The highest BCUT2D eigenvalue weighted by atomic mass is 79.9. The first-order valence-corrected chi connectivity index (χ1v) is 6.78. The summed E-state index contributed by atoms with van der Waals surface area (Å²) in [7, 11) is 1.72. The molecule has 1 aliphatic heterocycles. The standard InChI is InChI=1S/C13H16BrFN2O.ClH/c1-17(8-9-4-5-16-7-9)13(18)11-3-2-10(14)6-12(11)15;/h2-3,6,9,16H,4-5,7-8H2,1H3;1H. The molecule has 1 aromatic carbocycles. The first kappa shape index (κ1) is 16.4. The van der Waals surface area contributed by atoms with Crippen LogP contribution in [-0.2, 0) is 0 Å². The summed E-state index contributed by atoms with van der Waals surface area (Å²) >= 11 is 3.18. The zero-order chi connectivity index (χ0) is 13.1. The van der Waals surface area contributed by atoms with Crippen LogP contribution in [0.1, 0.15) is 16.8 Å². The van der Waals surface area contributed by atoms with E-state index >= 15 is 0 Å². The maximum Gasteiger partial charge on any atom is 0.256 e. The van der Waals surface area contributed by atoms with Gasteiger partial charge in [0.2, 0.25) is 0 Å². The van der Waals surface area contributed by atoms with Crippen LogP contribution in [0.4, 0.5) is 4.39 Å². The van der Waals surface area contributed by atoms with E-state index in [0.717, 1.165) is 19.5 Å². The summed E-state index contributed by atoms with van der Waals surface area (Å²) in [5, 5.41) is 3.26. The molecule has 1 atom stereocenters. The number of hydrogen-bond acceptors (Lipinski definition) is 2. The number of hydrogen-bond donors (Lipinski definition) is 1. The van der Waals surface area contributed by atoms with Gasteiger partial charge in [0.1, 0.15) is 5.82 Å². The molecule has 0 spiro atoms. The molecule has 1 heterocycles. The van der Waals surface area contributed by atoms with Crippen LogP contribution in [-0.4, -0.2) is 37.5 Å². The average molecular weight is 352 g/mol. The number of carbonyl (C=O) groups is 1. The van der Waals surface area contributed by atoms with Crippen molar-refractivity contribution in [3.8, 4) is 0 Å². The summed E-state index contributed by atoms with van der Waals surface area (Å²) < 4.78 is 14.3. The van der Waals surface area contributed by atoms with Gasteiger partial charge in [0.25, 0.3) is 5.91 Å². The van der Waals surface area contributed by atoms with Crippen molar-refractivity contribution < 1.29 is 9.18 Å². The zero-order valence-corrected chi connectivity index (χ0v) is 13.1. The van der Waals surface area contributed by atoms with E-state index in [9.17, 15) is 9.18 Å². The molecular weight excluding hydrogens is 335 g/mol. The quantitative estimate of drug-likeness (QED) is 0.908. The lowest BCUT2D eigenvalue weighted by atomic mass is 10.1. The first-order chi connectivity index (χ1) is 8.58. The lowest BCUT2D eigenvalue weighted by Gasteiger charge is -2.21. The summed E-state index contributed by atoms with van der Waals surface area (Å²) in [4.78, 5) is 13.7. The minimum absolute atomic E-state index is 0. The fourth-order valence-corrected chi connectivity index (χ4v) is 2.54. The summed E-state index contributed by atoms with van der Waals surface area (Å²) in [6.45, 7) is 2.60. The maximum absolute atomic E-state index is 13.7. The largest absolute Gasteiger partial charge is 0.341 e. The second-order valence-electron chi connectivity index (χ2n) is 4.67. The average Bonchev–Trinajstić information content (AvgIpc) is 2.81. The topological polar surface area (TPSA) is 32.3 Å². The molecule has 0 aliphatic carbocycles. The van der Waals surface area contributed by atoms with Crippen LogP contribution < -0.4 is 5.32 Å². The van der Waals surface area contributed by atoms with Gasteiger partial charge in [0.05, 0.1) is 5.56 Å². The summed E-state index contributed by atoms with van der Waals surface area (Å²) in [5.74, 6) is -0.268. The number of rotatable bonds is 3. The molecule has 3 nitrogen and oxygen atoms in total. The molecule has 0 radical (unpaired) electrons. The fraction of sp³-hybridized carbons (Fsp3) is 0.462. The van der Waals surface area contributed by atoms with Crippen LogP contribution in [0.5, 0.6) is 0 Å². The van der Waals surface area contributed by atoms with E-state index in [2.05, 4.69) is 21.2 Å². The van der Waals surface area contributed by atoms with E-state index in [-0.39, 0.29) is 23.9 Å². The fourth-order valence-electron chi connectivity index (χ4n) is 2.21. The molecule has 106 valence electrons. The second kappa shape index (κ2) is 7.22. The number of carbonyl (C=O) groups excluding carboxylic acids is 1. The van der Waals surface area contributed by atoms with Crippen LogP contribution in [0.25, 0.3) is 0 Å². The summed E-state index contributed by atoms with van der Waals surface area (Å²) in [6, 6.07) is 4.52. The van der Waals surface area contributed by atoms with Gasteiger partial charge < -0.3 is 10.2 Å². The highest BCUT2D eigenvalue weighted by molar-refractivity contribution is 9.10. The lowest BCUT2D eigenvalue weighted by molar-refractivity contribution is 0.0771.